The third-order valence-corrected chi connectivity index (χ3v) is 3.41. The van der Waals surface area contributed by atoms with Gasteiger partial charge in [-0.3, -0.25) is 0 Å². The zero-order chi connectivity index (χ0) is 12.7. The Kier molecular flexibility index (Phi) is 6.48. The molecule has 0 amide bonds. The van der Waals surface area contributed by atoms with E-state index >= 15 is 0 Å². The summed E-state index contributed by atoms with van der Waals surface area (Å²) in [5, 5.41) is 4.42. The quantitative estimate of drug-likeness (QED) is 0.759. The summed E-state index contributed by atoms with van der Waals surface area (Å²) in [6.45, 7) is 8.93. The van der Waals surface area contributed by atoms with Gasteiger partial charge in [0.25, 0.3) is 0 Å². The maximum atomic E-state index is 4.48. The van der Waals surface area contributed by atoms with Crippen LogP contribution in [0.25, 0.3) is 0 Å². The van der Waals surface area contributed by atoms with Crippen molar-refractivity contribution >= 4 is 16.7 Å². The summed E-state index contributed by atoms with van der Waals surface area (Å²) in [6.07, 6.45) is 5.90. The number of nitrogens with zero attached hydrogens (tertiary/aromatic N) is 2. The topological polar surface area (TPSA) is 37.8 Å². The lowest BCUT2D eigenvalue weighted by atomic mass is 10.0. The number of aromatic nitrogens is 2. The highest BCUT2D eigenvalue weighted by molar-refractivity contribution is 7.09. The summed E-state index contributed by atoms with van der Waals surface area (Å²) < 4.78 is 4.34. The van der Waals surface area contributed by atoms with Crippen LogP contribution in [0, 0.1) is 5.92 Å². The molecule has 0 aliphatic heterocycles. The van der Waals surface area contributed by atoms with E-state index in [0.717, 1.165) is 29.7 Å². The molecule has 1 N–H and O–H groups in total. The van der Waals surface area contributed by atoms with E-state index in [1.165, 1.54) is 30.8 Å². The van der Waals surface area contributed by atoms with E-state index in [4.69, 9.17) is 0 Å². The minimum atomic E-state index is 0.496. The van der Waals surface area contributed by atoms with E-state index in [-0.39, 0.29) is 0 Å². The van der Waals surface area contributed by atoms with E-state index in [2.05, 4.69) is 42.4 Å². The molecule has 1 atom stereocenters. The van der Waals surface area contributed by atoms with Gasteiger partial charge < -0.3 is 5.32 Å². The van der Waals surface area contributed by atoms with Gasteiger partial charge in [0.1, 0.15) is 5.82 Å². The fourth-order valence-corrected chi connectivity index (χ4v) is 2.48. The lowest BCUT2D eigenvalue weighted by Crippen LogP contribution is -2.15. The van der Waals surface area contributed by atoms with Crippen LogP contribution in [-0.2, 0) is 6.42 Å². The van der Waals surface area contributed by atoms with Crippen LogP contribution < -0.4 is 5.32 Å². The molecule has 0 aliphatic rings. The summed E-state index contributed by atoms with van der Waals surface area (Å²) in [6, 6.07) is 0.496. The lowest BCUT2D eigenvalue weighted by molar-refractivity contribution is 0.520. The molecular weight excluding hydrogens is 230 g/mol. The van der Waals surface area contributed by atoms with Crippen LogP contribution in [0.1, 0.15) is 59.2 Å². The molecule has 0 fully saturated rings. The lowest BCUT2D eigenvalue weighted by Gasteiger charge is -2.12. The average molecular weight is 255 g/mol. The molecule has 0 saturated heterocycles. The highest BCUT2D eigenvalue weighted by atomic mass is 32.1. The second-order valence-corrected chi connectivity index (χ2v) is 5.89. The van der Waals surface area contributed by atoms with Crippen LogP contribution in [0.4, 0.5) is 5.13 Å². The van der Waals surface area contributed by atoms with Crippen molar-refractivity contribution < 1.29 is 0 Å². The molecule has 1 aromatic rings. The predicted octanol–water partition coefficient (Wildman–Crippen LogP) is 4.12. The Bertz CT molecular complexity index is 309. The van der Waals surface area contributed by atoms with E-state index in [0.29, 0.717) is 6.04 Å². The van der Waals surface area contributed by atoms with Crippen molar-refractivity contribution in [2.75, 3.05) is 5.32 Å². The molecule has 98 valence electrons. The van der Waals surface area contributed by atoms with Gasteiger partial charge in [-0.05, 0) is 25.7 Å². The summed E-state index contributed by atoms with van der Waals surface area (Å²) >= 11 is 1.49. The van der Waals surface area contributed by atoms with Gasteiger partial charge in [0.05, 0.1) is 0 Å². The van der Waals surface area contributed by atoms with Crippen molar-refractivity contribution in [1.29, 1.82) is 0 Å². The average Bonchev–Trinajstić information content (AvgIpc) is 2.65. The van der Waals surface area contributed by atoms with Gasteiger partial charge in [0.15, 0.2) is 0 Å². The Morgan fingerprint density at radius 1 is 1.24 bits per heavy atom. The molecule has 1 heterocycles. The molecule has 17 heavy (non-hydrogen) atoms. The number of anilines is 1. The molecule has 1 aromatic heterocycles. The van der Waals surface area contributed by atoms with E-state index in [1.54, 1.807) is 0 Å². The Labute approximate surface area is 109 Å². The third kappa shape index (κ3) is 6.01. The first kappa shape index (κ1) is 14.4. The molecule has 1 rings (SSSR count). The fourth-order valence-electron chi connectivity index (χ4n) is 1.75. The summed E-state index contributed by atoms with van der Waals surface area (Å²) in [5.41, 5.74) is 0. The number of hydrogen-bond donors (Lipinski definition) is 1. The first-order valence-corrected chi connectivity index (χ1v) is 7.48. The van der Waals surface area contributed by atoms with Crippen molar-refractivity contribution in [2.24, 2.45) is 5.92 Å². The minimum Gasteiger partial charge on any atom is -0.358 e. The molecular formula is C13H25N3S. The second-order valence-electron chi connectivity index (χ2n) is 5.14. The van der Waals surface area contributed by atoms with Crippen molar-refractivity contribution in [3.05, 3.63) is 5.82 Å². The van der Waals surface area contributed by atoms with Crippen molar-refractivity contribution in [1.82, 2.24) is 9.36 Å². The van der Waals surface area contributed by atoms with Gasteiger partial charge in [-0.2, -0.15) is 4.37 Å². The van der Waals surface area contributed by atoms with Crippen LogP contribution in [0.2, 0.25) is 0 Å². The molecule has 0 saturated carbocycles. The fraction of sp³-hybridized carbons (Fsp3) is 0.846. The summed E-state index contributed by atoms with van der Waals surface area (Å²) in [7, 11) is 0. The zero-order valence-corrected chi connectivity index (χ0v) is 12.3. The Hall–Kier alpha value is -0.640. The van der Waals surface area contributed by atoms with E-state index < -0.39 is 0 Å². The Morgan fingerprint density at radius 3 is 2.65 bits per heavy atom. The smallest absolute Gasteiger partial charge is 0.202 e. The highest BCUT2D eigenvalue weighted by Crippen LogP contribution is 2.16. The SMILES string of the molecule is CCCc1nsc(NC(C)CCCC(C)C)n1. The molecule has 0 spiro atoms. The first-order valence-electron chi connectivity index (χ1n) is 6.71. The van der Waals surface area contributed by atoms with Gasteiger partial charge in [-0.1, -0.05) is 33.6 Å². The molecule has 3 nitrogen and oxygen atoms in total. The summed E-state index contributed by atoms with van der Waals surface area (Å²) in [5.74, 6) is 1.79. The molecule has 4 heteroatoms. The number of hydrogen-bond acceptors (Lipinski definition) is 4. The first-order chi connectivity index (χ1) is 8.11. The zero-order valence-electron chi connectivity index (χ0n) is 11.5. The van der Waals surface area contributed by atoms with Gasteiger partial charge in [0, 0.05) is 24.0 Å². The third-order valence-electron chi connectivity index (χ3n) is 2.73. The molecule has 1 unspecified atom stereocenters. The number of nitrogens with one attached hydrogen (secondary N) is 1. The standard InChI is InChI=1S/C13H25N3S/c1-5-7-12-15-13(17-16-12)14-11(4)9-6-8-10(2)3/h10-11H,5-9H2,1-4H3,(H,14,15,16). The second kappa shape index (κ2) is 7.64. The molecule has 0 aliphatic carbocycles. The minimum absolute atomic E-state index is 0.496. The molecule has 0 bridgehead atoms. The van der Waals surface area contributed by atoms with Crippen molar-refractivity contribution in [2.45, 2.75) is 65.8 Å². The number of aryl methyl sites for hydroxylation is 1. The molecule has 0 radical (unpaired) electrons. The Balaban J connectivity index is 2.26. The highest BCUT2D eigenvalue weighted by Gasteiger charge is 2.07. The predicted molar refractivity (Wildman–Crippen MR) is 75.7 cm³/mol. The van der Waals surface area contributed by atoms with E-state index in [9.17, 15) is 0 Å². The van der Waals surface area contributed by atoms with Crippen LogP contribution >= 0.6 is 11.5 Å². The summed E-state index contributed by atoms with van der Waals surface area (Å²) in [4.78, 5) is 4.48. The van der Waals surface area contributed by atoms with E-state index in [1.807, 2.05) is 0 Å². The van der Waals surface area contributed by atoms with Gasteiger partial charge in [-0.15, -0.1) is 0 Å². The van der Waals surface area contributed by atoms with Crippen molar-refractivity contribution in [3.63, 3.8) is 0 Å². The largest absolute Gasteiger partial charge is 0.358 e. The number of rotatable bonds is 8. The Morgan fingerprint density at radius 2 is 2.00 bits per heavy atom. The van der Waals surface area contributed by atoms with Crippen molar-refractivity contribution in [3.8, 4) is 0 Å². The van der Waals surface area contributed by atoms with Crippen LogP contribution in [0.5, 0.6) is 0 Å². The molecule has 0 aromatic carbocycles. The van der Waals surface area contributed by atoms with Gasteiger partial charge >= 0.3 is 0 Å². The maximum Gasteiger partial charge on any atom is 0.202 e. The monoisotopic (exact) mass is 255 g/mol. The van der Waals surface area contributed by atoms with Crippen LogP contribution in [0.3, 0.4) is 0 Å². The van der Waals surface area contributed by atoms with Crippen LogP contribution in [0.15, 0.2) is 0 Å². The normalized spacial score (nSPS) is 13.0. The maximum absolute atomic E-state index is 4.48. The van der Waals surface area contributed by atoms with Gasteiger partial charge in [-0.25, -0.2) is 4.98 Å². The van der Waals surface area contributed by atoms with Crippen LogP contribution in [-0.4, -0.2) is 15.4 Å². The van der Waals surface area contributed by atoms with Gasteiger partial charge in [0.2, 0.25) is 5.13 Å².